The van der Waals surface area contributed by atoms with E-state index in [1.54, 1.807) is 11.4 Å². The van der Waals surface area contributed by atoms with Crippen LogP contribution in [0.5, 0.6) is 0 Å². The topological polar surface area (TPSA) is 70.5 Å². The van der Waals surface area contributed by atoms with Gasteiger partial charge in [0.2, 0.25) is 0 Å². The van der Waals surface area contributed by atoms with Crippen LogP contribution in [0.15, 0.2) is 17.5 Å². The maximum absolute atomic E-state index is 12.4. The fourth-order valence-corrected chi connectivity index (χ4v) is 4.24. The minimum atomic E-state index is -0.957. The number of halogens is 1. The Hall–Kier alpha value is -1.44. The molecule has 1 fully saturated rings. The fraction of sp³-hybridized carbons (Fsp3) is 0.308. The fourth-order valence-electron chi connectivity index (χ4n) is 2.33. The van der Waals surface area contributed by atoms with E-state index in [1.807, 2.05) is 6.07 Å². The summed E-state index contributed by atoms with van der Waals surface area (Å²) in [7, 11) is 0. The zero-order valence-corrected chi connectivity index (χ0v) is 13.2. The van der Waals surface area contributed by atoms with Crippen molar-refractivity contribution in [1.82, 2.24) is 9.88 Å². The smallest absolute Gasteiger partial charge is 0.326 e. The van der Waals surface area contributed by atoms with Crippen LogP contribution in [0, 0.1) is 0 Å². The van der Waals surface area contributed by atoms with E-state index >= 15 is 0 Å². The van der Waals surface area contributed by atoms with Gasteiger partial charge in [-0.15, -0.1) is 22.7 Å². The van der Waals surface area contributed by atoms with Gasteiger partial charge in [0.1, 0.15) is 16.7 Å². The maximum atomic E-state index is 12.4. The highest BCUT2D eigenvalue weighted by atomic mass is 35.5. The number of carbonyl (C=O) groups is 2. The molecule has 1 N–H and O–H groups in total. The monoisotopic (exact) mass is 342 g/mol. The van der Waals surface area contributed by atoms with Gasteiger partial charge in [-0.3, -0.25) is 4.79 Å². The number of thiophene rings is 1. The Balaban J connectivity index is 1.83. The van der Waals surface area contributed by atoms with Crippen LogP contribution in [0.25, 0.3) is 9.88 Å². The molecule has 0 unspecified atom stereocenters. The molecule has 1 aliphatic heterocycles. The van der Waals surface area contributed by atoms with Crippen molar-refractivity contribution in [2.24, 2.45) is 0 Å². The van der Waals surface area contributed by atoms with Gasteiger partial charge in [-0.05, 0) is 25.0 Å². The van der Waals surface area contributed by atoms with Crippen molar-refractivity contribution < 1.29 is 14.7 Å². The molecule has 21 heavy (non-hydrogen) atoms. The zero-order valence-electron chi connectivity index (χ0n) is 10.8. The molecule has 2 aromatic rings. The third-order valence-corrected chi connectivity index (χ3v) is 5.55. The summed E-state index contributed by atoms with van der Waals surface area (Å²) < 4.78 is 0.665. The first-order chi connectivity index (χ1) is 10.1. The van der Waals surface area contributed by atoms with Crippen LogP contribution in [0.2, 0.25) is 4.34 Å². The molecule has 3 heterocycles. The van der Waals surface area contributed by atoms with Crippen LogP contribution in [0.4, 0.5) is 0 Å². The molecule has 1 saturated heterocycles. The normalized spacial score (nSPS) is 18.1. The molecule has 1 atom stereocenters. The second-order valence-corrected chi connectivity index (χ2v) is 7.21. The highest BCUT2D eigenvalue weighted by Gasteiger charge is 2.35. The predicted molar refractivity (Wildman–Crippen MR) is 82.1 cm³/mol. The highest BCUT2D eigenvalue weighted by molar-refractivity contribution is 7.23. The molecule has 3 rings (SSSR count). The summed E-state index contributed by atoms with van der Waals surface area (Å²) in [6.07, 6.45) is 1.21. The molecule has 2 aromatic heterocycles. The number of rotatable bonds is 3. The minimum absolute atomic E-state index is 0.299. The van der Waals surface area contributed by atoms with Gasteiger partial charge in [0, 0.05) is 11.9 Å². The van der Waals surface area contributed by atoms with Crippen molar-refractivity contribution >= 4 is 46.2 Å². The number of hydrogen-bond acceptors (Lipinski definition) is 5. The Morgan fingerprint density at radius 2 is 2.24 bits per heavy atom. The lowest BCUT2D eigenvalue weighted by molar-refractivity contribution is -0.141. The number of carboxylic acids is 1. The van der Waals surface area contributed by atoms with Gasteiger partial charge in [-0.25, -0.2) is 9.78 Å². The Kier molecular flexibility index (Phi) is 3.97. The molecule has 0 aromatic carbocycles. The number of thiazole rings is 1. The van der Waals surface area contributed by atoms with E-state index in [1.165, 1.54) is 27.6 Å². The number of aromatic nitrogens is 1. The Labute approximate surface area is 133 Å². The zero-order chi connectivity index (χ0) is 15.0. The van der Waals surface area contributed by atoms with E-state index in [-0.39, 0.29) is 5.91 Å². The number of carboxylic acid groups (broad SMARTS) is 1. The molecule has 0 aliphatic carbocycles. The number of hydrogen-bond donors (Lipinski definition) is 1. The maximum Gasteiger partial charge on any atom is 0.326 e. The third kappa shape index (κ3) is 2.81. The van der Waals surface area contributed by atoms with Crippen LogP contribution in [-0.2, 0) is 4.79 Å². The minimum Gasteiger partial charge on any atom is -0.480 e. The van der Waals surface area contributed by atoms with Crippen LogP contribution in [0.3, 0.4) is 0 Å². The molecular formula is C13H11ClN2O3S2. The van der Waals surface area contributed by atoms with Crippen LogP contribution in [0.1, 0.15) is 23.3 Å². The summed E-state index contributed by atoms with van der Waals surface area (Å²) in [5, 5.41) is 11.5. The summed E-state index contributed by atoms with van der Waals surface area (Å²) in [4.78, 5) is 30.2. The molecule has 0 spiro atoms. The SMILES string of the molecule is O=C(O)[C@H]1CCCN1C(=O)c1csc(-c2ccc(Cl)s2)n1. The van der Waals surface area contributed by atoms with Crippen molar-refractivity contribution in [2.75, 3.05) is 6.54 Å². The second-order valence-electron chi connectivity index (χ2n) is 4.64. The average molecular weight is 343 g/mol. The van der Waals surface area contributed by atoms with Gasteiger partial charge in [0.25, 0.3) is 5.91 Å². The number of amides is 1. The number of aliphatic carboxylic acids is 1. The average Bonchev–Trinajstić information content (AvgIpc) is 3.17. The van der Waals surface area contributed by atoms with Crippen molar-refractivity contribution in [3.05, 3.63) is 27.5 Å². The summed E-state index contributed by atoms with van der Waals surface area (Å²) in [5.74, 6) is -1.27. The van der Waals surface area contributed by atoms with E-state index in [4.69, 9.17) is 16.7 Å². The molecule has 1 amide bonds. The quantitative estimate of drug-likeness (QED) is 0.929. The van der Waals surface area contributed by atoms with E-state index in [0.717, 1.165) is 9.88 Å². The van der Waals surface area contributed by atoms with Gasteiger partial charge >= 0.3 is 5.97 Å². The Morgan fingerprint density at radius 1 is 1.43 bits per heavy atom. The third-order valence-electron chi connectivity index (χ3n) is 3.31. The van der Waals surface area contributed by atoms with Crippen LogP contribution in [-0.4, -0.2) is 39.5 Å². The van der Waals surface area contributed by atoms with E-state index in [9.17, 15) is 9.59 Å². The van der Waals surface area contributed by atoms with E-state index in [0.29, 0.717) is 29.4 Å². The summed E-state index contributed by atoms with van der Waals surface area (Å²) in [6.45, 7) is 0.466. The first-order valence-electron chi connectivity index (χ1n) is 6.31. The highest BCUT2D eigenvalue weighted by Crippen LogP contribution is 2.33. The van der Waals surface area contributed by atoms with E-state index in [2.05, 4.69) is 4.98 Å². The van der Waals surface area contributed by atoms with E-state index < -0.39 is 12.0 Å². The molecule has 8 heteroatoms. The number of nitrogens with zero attached hydrogens (tertiary/aromatic N) is 2. The number of likely N-dealkylation sites (tertiary alicyclic amines) is 1. The predicted octanol–water partition coefficient (Wildman–Crippen LogP) is 3.21. The first-order valence-corrected chi connectivity index (χ1v) is 8.38. The number of carbonyl (C=O) groups excluding carboxylic acids is 1. The lowest BCUT2D eigenvalue weighted by Crippen LogP contribution is -2.40. The Morgan fingerprint density at radius 3 is 2.90 bits per heavy atom. The molecule has 0 saturated carbocycles. The van der Waals surface area contributed by atoms with Gasteiger partial charge < -0.3 is 10.0 Å². The van der Waals surface area contributed by atoms with Crippen molar-refractivity contribution in [2.45, 2.75) is 18.9 Å². The molecule has 0 radical (unpaired) electrons. The molecule has 110 valence electrons. The summed E-state index contributed by atoms with van der Waals surface area (Å²) >= 11 is 8.65. The van der Waals surface area contributed by atoms with Crippen molar-refractivity contribution in [1.29, 1.82) is 0 Å². The summed E-state index contributed by atoms with van der Waals surface area (Å²) in [5.41, 5.74) is 0.299. The molecule has 0 bridgehead atoms. The molecule has 1 aliphatic rings. The molecule has 5 nitrogen and oxygen atoms in total. The van der Waals surface area contributed by atoms with Crippen molar-refractivity contribution in [3.63, 3.8) is 0 Å². The van der Waals surface area contributed by atoms with Gasteiger partial charge in [0.15, 0.2) is 0 Å². The van der Waals surface area contributed by atoms with Crippen molar-refractivity contribution in [3.8, 4) is 9.88 Å². The Bertz CT molecular complexity index is 697. The van der Waals surface area contributed by atoms with Gasteiger partial charge in [-0.2, -0.15) is 0 Å². The lowest BCUT2D eigenvalue weighted by atomic mass is 10.2. The van der Waals surface area contributed by atoms with Gasteiger partial charge in [0.05, 0.1) is 9.21 Å². The standard InChI is InChI=1S/C13H11ClN2O3S2/c14-10-4-3-9(21-10)11-15-7(6-20-11)12(17)16-5-1-2-8(16)13(18)19/h3-4,6,8H,1-2,5H2,(H,18,19)/t8-/m1/s1. The van der Waals surface area contributed by atoms with Crippen LogP contribution < -0.4 is 0 Å². The lowest BCUT2D eigenvalue weighted by Gasteiger charge is -2.20. The largest absolute Gasteiger partial charge is 0.480 e. The molecular weight excluding hydrogens is 332 g/mol. The van der Waals surface area contributed by atoms with Crippen LogP contribution >= 0.6 is 34.3 Å². The summed E-state index contributed by atoms with van der Waals surface area (Å²) in [6, 6.07) is 2.90. The van der Waals surface area contributed by atoms with Gasteiger partial charge in [-0.1, -0.05) is 11.6 Å². The first kappa shape index (κ1) is 14.5. The second kappa shape index (κ2) is 5.75.